The topological polar surface area (TPSA) is 86.3 Å². The molecule has 1 saturated heterocycles. The fourth-order valence-electron chi connectivity index (χ4n) is 4.98. The number of anilines is 1. The molecule has 30 heavy (non-hydrogen) atoms. The Kier molecular flexibility index (Phi) is 4.42. The van der Waals surface area contributed by atoms with Gasteiger partial charge in [-0.25, -0.2) is 13.3 Å². The third kappa shape index (κ3) is 3.38. The number of alkyl halides is 2. The Morgan fingerprint density at radius 2 is 2.03 bits per heavy atom. The van der Waals surface area contributed by atoms with E-state index in [1.54, 1.807) is 4.90 Å². The van der Waals surface area contributed by atoms with Gasteiger partial charge in [0.05, 0.1) is 6.07 Å². The van der Waals surface area contributed by atoms with E-state index in [2.05, 4.69) is 21.5 Å². The van der Waals surface area contributed by atoms with Crippen molar-refractivity contribution in [1.82, 2.24) is 19.5 Å². The van der Waals surface area contributed by atoms with Gasteiger partial charge in [0.25, 0.3) is 5.92 Å². The molecule has 2 aliphatic carbocycles. The molecule has 1 atom stereocenters. The first-order chi connectivity index (χ1) is 14.4. The molecule has 0 bridgehead atoms. The van der Waals surface area contributed by atoms with Gasteiger partial charge in [-0.1, -0.05) is 6.07 Å². The van der Waals surface area contributed by atoms with Crippen molar-refractivity contribution in [3.05, 3.63) is 23.9 Å². The lowest BCUT2D eigenvalue weighted by Gasteiger charge is -2.53. The van der Waals surface area contributed by atoms with Crippen LogP contribution in [0, 0.1) is 22.7 Å². The molecule has 2 aromatic heterocycles. The molecule has 7 nitrogen and oxygen atoms in total. The first kappa shape index (κ1) is 19.2. The number of nitrogens with one attached hydrogen (secondary N) is 1. The van der Waals surface area contributed by atoms with Crippen LogP contribution in [0.4, 0.5) is 14.7 Å². The minimum atomic E-state index is -2.55. The van der Waals surface area contributed by atoms with E-state index in [0.717, 1.165) is 50.1 Å². The van der Waals surface area contributed by atoms with E-state index >= 15 is 0 Å². The predicted octanol–water partition coefficient (Wildman–Crippen LogP) is 3.20. The van der Waals surface area contributed by atoms with Crippen molar-refractivity contribution in [3.63, 3.8) is 0 Å². The number of pyridine rings is 1. The number of hydrogen-bond donors (Lipinski definition) is 1. The van der Waals surface area contributed by atoms with Crippen molar-refractivity contribution < 1.29 is 13.6 Å². The molecule has 9 heteroatoms. The third-order valence-electron chi connectivity index (χ3n) is 6.95. The molecule has 1 unspecified atom stereocenters. The largest absolute Gasteiger partial charge is 0.352 e. The summed E-state index contributed by atoms with van der Waals surface area (Å²) < 4.78 is 28.0. The molecular weight excluding hydrogens is 390 g/mol. The zero-order valence-corrected chi connectivity index (χ0v) is 16.7. The zero-order chi connectivity index (χ0) is 20.9. The molecule has 3 heterocycles. The Labute approximate surface area is 173 Å². The standard InChI is InChI=1S/C21H24F2N6O/c22-21(23)10-15(21)11-25-19-26-17-3-1-2-16(29(17)27-19)14-4-7-20(8-5-14)12-28(13-20)18(30)6-9-24/h1-3,14-15H,4-8,10-13H2,(H,25,27). The number of fused-ring (bicyclic) bond motifs is 1. The number of carbonyl (C=O) groups excluding carboxylic acids is 1. The molecule has 1 spiro atoms. The van der Waals surface area contributed by atoms with Crippen LogP contribution in [0.3, 0.4) is 0 Å². The molecular formula is C21H24F2N6O. The Bertz CT molecular complexity index is 1010. The summed E-state index contributed by atoms with van der Waals surface area (Å²) in [6.45, 7) is 1.70. The summed E-state index contributed by atoms with van der Waals surface area (Å²) in [4.78, 5) is 18.1. The van der Waals surface area contributed by atoms with Gasteiger partial charge < -0.3 is 10.2 Å². The minimum Gasteiger partial charge on any atom is -0.352 e. The first-order valence-corrected chi connectivity index (χ1v) is 10.5. The predicted molar refractivity (Wildman–Crippen MR) is 105 cm³/mol. The smallest absolute Gasteiger partial charge is 0.253 e. The molecule has 3 fully saturated rings. The van der Waals surface area contributed by atoms with Gasteiger partial charge in [0.2, 0.25) is 11.9 Å². The second-order valence-electron chi connectivity index (χ2n) is 9.06. The van der Waals surface area contributed by atoms with E-state index in [9.17, 15) is 13.6 Å². The van der Waals surface area contributed by atoms with Crippen molar-refractivity contribution >= 4 is 17.5 Å². The van der Waals surface area contributed by atoms with Gasteiger partial charge in [-0.3, -0.25) is 4.79 Å². The number of nitriles is 1. The summed E-state index contributed by atoms with van der Waals surface area (Å²) in [7, 11) is 0. The van der Waals surface area contributed by atoms with E-state index in [1.165, 1.54) is 0 Å². The highest BCUT2D eigenvalue weighted by Crippen LogP contribution is 2.49. The molecule has 0 radical (unpaired) electrons. The number of carbonyl (C=O) groups is 1. The van der Waals surface area contributed by atoms with Crippen LogP contribution in [0.25, 0.3) is 5.65 Å². The quantitative estimate of drug-likeness (QED) is 0.812. The number of amides is 1. The summed E-state index contributed by atoms with van der Waals surface area (Å²) in [6.07, 6.45) is 4.00. The van der Waals surface area contributed by atoms with Crippen molar-refractivity contribution in [2.75, 3.05) is 25.0 Å². The van der Waals surface area contributed by atoms with Crippen LogP contribution < -0.4 is 5.32 Å². The maximum atomic E-state index is 13.1. The molecule has 2 aromatic rings. The minimum absolute atomic E-state index is 0.0399. The zero-order valence-electron chi connectivity index (χ0n) is 16.7. The van der Waals surface area contributed by atoms with E-state index in [0.29, 0.717) is 11.9 Å². The summed E-state index contributed by atoms with van der Waals surface area (Å²) in [5.41, 5.74) is 2.01. The molecule has 1 amide bonds. The molecule has 2 saturated carbocycles. The maximum Gasteiger partial charge on any atom is 0.253 e. The van der Waals surface area contributed by atoms with Crippen LogP contribution in [0.5, 0.6) is 0 Å². The van der Waals surface area contributed by atoms with Gasteiger partial charge in [-0.2, -0.15) is 10.2 Å². The van der Waals surface area contributed by atoms with Gasteiger partial charge >= 0.3 is 0 Å². The van der Waals surface area contributed by atoms with Gasteiger partial charge in [-0.05, 0) is 37.8 Å². The summed E-state index contributed by atoms with van der Waals surface area (Å²) in [5, 5.41) is 16.2. The van der Waals surface area contributed by atoms with Gasteiger partial charge in [-0.15, -0.1) is 5.10 Å². The Hall–Kier alpha value is -2.76. The van der Waals surface area contributed by atoms with E-state index in [1.807, 2.05) is 22.7 Å². The van der Waals surface area contributed by atoms with Crippen LogP contribution in [-0.4, -0.2) is 51.0 Å². The Balaban J connectivity index is 1.23. The SMILES string of the molecule is N#CCC(=O)N1CC2(CCC(c3cccc4nc(NCC5CC5(F)F)nn34)CC2)C1. The van der Waals surface area contributed by atoms with Crippen LogP contribution in [0.2, 0.25) is 0 Å². The maximum absolute atomic E-state index is 13.1. The average molecular weight is 414 g/mol. The van der Waals surface area contributed by atoms with Crippen molar-refractivity contribution in [2.24, 2.45) is 11.3 Å². The third-order valence-corrected chi connectivity index (χ3v) is 6.95. The van der Waals surface area contributed by atoms with E-state index < -0.39 is 11.8 Å². The number of rotatable bonds is 5. The number of hydrogen-bond acceptors (Lipinski definition) is 5. The second kappa shape index (κ2) is 6.89. The number of nitrogens with zero attached hydrogens (tertiary/aromatic N) is 5. The number of aromatic nitrogens is 3. The van der Waals surface area contributed by atoms with Crippen molar-refractivity contribution in [3.8, 4) is 6.07 Å². The Morgan fingerprint density at radius 3 is 2.70 bits per heavy atom. The van der Waals surface area contributed by atoms with Crippen LogP contribution in [-0.2, 0) is 4.79 Å². The molecule has 158 valence electrons. The average Bonchev–Trinajstić information content (AvgIpc) is 3.11. The van der Waals surface area contributed by atoms with Crippen molar-refractivity contribution in [1.29, 1.82) is 5.26 Å². The van der Waals surface area contributed by atoms with Gasteiger partial charge in [0.15, 0.2) is 5.65 Å². The van der Waals surface area contributed by atoms with E-state index in [-0.39, 0.29) is 30.7 Å². The van der Waals surface area contributed by atoms with Crippen LogP contribution >= 0.6 is 0 Å². The lowest BCUT2D eigenvalue weighted by Crippen LogP contribution is -2.59. The van der Waals surface area contributed by atoms with Crippen LogP contribution in [0.15, 0.2) is 18.2 Å². The fraction of sp³-hybridized carbons (Fsp3) is 0.619. The van der Waals surface area contributed by atoms with Gasteiger partial charge in [0.1, 0.15) is 6.42 Å². The molecule has 1 N–H and O–H groups in total. The normalized spacial score (nSPS) is 24.4. The highest BCUT2D eigenvalue weighted by Gasteiger charge is 2.56. The highest BCUT2D eigenvalue weighted by molar-refractivity contribution is 5.79. The first-order valence-electron chi connectivity index (χ1n) is 10.5. The number of likely N-dealkylation sites (tertiary alicyclic amines) is 1. The summed E-state index contributed by atoms with van der Waals surface area (Å²) in [6, 6.07) is 7.83. The summed E-state index contributed by atoms with van der Waals surface area (Å²) in [5.74, 6) is -2.50. The van der Waals surface area contributed by atoms with Crippen LogP contribution in [0.1, 0.15) is 50.1 Å². The fourth-order valence-corrected chi connectivity index (χ4v) is 4.98. The van der Waals surface area contributed by atoms with Gasteiger partial charge in [0, 0.05) is 49.0 Å². The van der Waals surface area contributed by atoms with Crippen molar-refractivity contribution in [2.45, 2.75) is 50.4 Å². The molecule has 3 aliphatic rings. The number of halogens is 2. The lowest BCUT2D eigenvalue weighted by atomic mass is 9.65. The Morgan fingerprint density at radius 1 is 1.30 bits per heavy atom. The monoisotopic (exact) mass is 414 g/mol. The molecule has 5 rings (SSSR count). The molecule has 1 aliphatic heterocycles. The summed E-state index contributed by atoms with van der Waals surface area (Å²) >= 11 is 0. The lowest BCUT2D eigenvalue weighted by molar-refractivity contribution is -0.144. The second-order valence-corrected chi connectivity index (χ2v) is 9.06. The highest BCUT2D eigenvalue weighted by atomic mass is 19.3. The van der Waals surface area contributed by atoms with E-state index in [4.69, 9.17) is 5.26 Å². The molecule has 0 aromatic carbocycles.